The molecule has 6 heteroatoms. The summed E-state index contributed by atoms with van der Waals surface area (Å²) >= 11 is 11.1. The van der Waals surface area contributed by atoms with Crippen LogP contribution in [0.2, 0.25) is 0 Å². The number of rotatable bonds is 10. The van der Waals surface area contributed by atoms with Crippen LogP contribution < -0.4 is 0 Å². The molecule has 0 heterocycles. The van der Waals surface area contributed by atoms with Crippen molar-refractivity contribution in [2.75, 3.05) is 25.0 Å². The minimum Gasteiger partial charge on any atom is -0.462 e. The minimum atomic E-state index is -0.406. The smallest absolute Gasteiger partial charge is 0.338 e. The predicted octanol–water partition coefficient (Wildman–Crippen LogP) is 4.04. The molecule has 0 saturated carbocycles. The van der Waals surface area contributed by atoms with Crippen molar-refractivity contribution in [1.82, 2.24) is 0 Å². The monoisotopic (exact) mass is 346 g/mol. The molecule has 0 N–H and O–H groups in total. The molecule has 1 rings (SSSR count). The van der Waals surface area contributed by atoms with Crippen molar-refractivity contribution in [2.24, 2.45) is 0 Å². The number of esters is 2. The lowest BCUT2D eigenvalue weighted by Crippen LogP contribution is -2.09. The lowest BCUT2D eigenvalue weighted by atomic mass is 10.1. The number of alkyl halides is 2. The molecule has 0 amide bonds. The summed E-state index contributed by atoms with van der Waals surface area (Å²) in [6, 6.07) is 6.22. The Kier molecular flexibility index (Phi) is 9.67. The highest BCUT2D eigenvalue weighted by Gasteiger charge is 2.10. The van der Waals surface area contributed by atoms with Gasteiger partial charge in [0.2, 0.25) is 0 Å². The topological polar surface area (TPSA) is 52.6 Å². The van der Waals surface area contributed by atoms with Gasteiger partial charge in [0.05, 0.1) is 24.3 Å². The van der Waals surface area contributed by atoms with E-state index in [1.54, 1.807) is 24.3 Å². The summed E-state index contributed by atoms with van der Waals surface area (Å²) in [5.41, 5.74) is 0.814. The number of ether oxygens (including phenoxy) is 2. The predicted molar refractivity (Wildman–Crippen MR) is 86.9 cm³/mol. The molecule has 0 fully saturated rings. The second kappa shape index (κ2) is 11.3. The number of carbonyl (C=O) groups excluding carboxylic acids is 2. The number of benzene rings is 1. The highest BCUT2D eigenvalue weighted by Crippen LogP contribution is 2.08. The number of halogens is 2. The number of unbranched alkanes of at least 4 members (excludes halogenated alkanes) is 2. The fourth-order valence-corrected chi connectivity index (χ4v) is 2.01. The summed E-state index contributed by atoms with van der Waals surface area (Å²) in [4.78, 5) is 23.5. The summed E-state index contributed by atoms with van der Waals surface area (Å²) in [7, 11) is 0. The Morgan fingerprint density at radius 2 is 1.09 bits per heavy atom. The molecule has 0 aliphatic heterocycles. The van der Waals surface area contributed by atoms with Crippen molar-refractivity contribution in [1.29, 1.82) is 0 Å². The molecule has 22 heavy (non-hydrogen) atoms. The standard InChI is InChI=1S/C16H20Cl2O4/c17-9-1-3-11-21-15(19)13-5-7-14(8-6-13)16(20)22-12-4-2-10-18/h5-8H,1-4,9-12H2. The third kappa shape index (κ3) is 7.14. The second-order valence-electron chi connectivity index (χ2n) is 4.64. The van der Waals surface area contributed by atoms with Gasteiger partial charge in [-0.1, -0.05) is 0 Å². The van der Waals surface area contributed by atoms with Crippen molar-refractivity contribution in [3.05, 3.63) is 35.4 Å². The third-order valence-corrected chi connectivity index (χ3v) is 3.41. The van der Waals surface area contributed by atoms with Gasteiger partial charge < -0.3 is 9.47 Å². The second-order valence-corrected chi connectivity index (χ2v) is 5.40. The normalized spacial score (nSPS) is 10.3. The van der Waals surface area contributed by atoms with Crippen molar-refractivity contribution < 1.29 is 19.1 Å². The summed E-state index contributed by atoms with van der Waals surface area (Å²) in [5.74, 6) is 0.298. The molecular formula is C16H20Cl2O4. The van der Waals surface area contributed by atoms with E-state index in [1.165, 1.54) is 0 Å². The molecule has 4 nitrogen and oxygen atoms in total. The van der Waals surface area contributed by atoms with Crippen molar-refractivity contribution in [3.8, 4) is 0 Å². The lowest BCUT2D eigenvalue weighted by molar-refractivity contribution is 0.0485. The first-order valence-corrected chi connectivity index (χ1v) is 8.32. The zero-order chi connectivity index (χ0) is 16.2. The molecule has 1 aromatic carbocycles. The van der Waals surface area contributed by atoms with E-state index < -0.39 is 11.9 Å². The Hall–Kier alpha value is -1.26. The third-order valence-electron chi connectivity index (χ3n) is 2.88. The van der Waals surface area contributed by atoms with Gasteiger partial charge in [0, 0.05) is 11.8 Å². The van der Waals surface area contributed by atoms with E-state index in [2.05, 4.69) is 0 Å². The van der Waals surface area contributed by atoms with E-state index in [4.69, 9.17) is 32.7 Å². The highest BCUT2D eigenvalue weighted by atomic mass is 35.5. The van der Waals surface area contributed by atoms with E-state index in [1.807, 2.05) is 0 Å². The maximum atomic E-state index is 11.7. The highest BCUT2D eigenvalue weighted by molar-refractivity contribution is 6.18. The van der Waals surface area contributed by atoms with Crippen LogP contribution in [-0.2, 0) is 9.47 Å². The first-order chi connectivity index (χ1) is 10.7. The SMILES string of the molecule is O=C(OCCCCCl)c1ccc(C(=O)OCCCCCl)cc1. The first kappa shape index (κ1) is 18.8. The van der Waals surface area contributed by atoms with Crippen LogP contribution in [0.4, 0.5) is 0 Å². The Labute approximate surface area is 140 Å². The van der Waals surface area contributed by atoms with Crippen LogP contribution in [0, 0.1) is 0 Å². The largest absolute Gasteiger partial charge is 0.462 e. The number of hydrogen-bond donors (Lipinski definition) is 0. The van der Waals surface area contributed by atoms with E-state index in [-0.39, 0.29) is 0 Å². The molecular weight excluding hydrogens is 327 g/mol. The van der Waals surface area contributed by atoms with E-state index >= 15 is 0 Å². The fraction of sp³-hybridized carbons (Fsp3) is 0.500. The molecule has 0 bridgehead atoms. The fourth-order valence-electron chi connectivity index (χ4n) is 1.63. The van der Waals surface area contributed by atoms with E-state index in [0.29, 0.717) is 36.1 Å². The molecule has 122 valence electrons. The summed E-state index contributed by atoms with van der Waals surface area (Å²) in [6.45, 7) is 0.686. The maximum absolute atomic E-state index is 11.7. The van der Waals surface area contributed by atoms with Crippen LogP contribution in [0.15, 0.2) is 24.3 Å². The average Bonchev–Trinajstić information content (AvgIpc) is 2.55. The van der Waals surface area contributed by atoms with Crippen LogP contribution >= 0.6 is 23.2 Å². The van der Waals surface area contributed by atoms with Gasteiger partial charge in [-0.25, -0.2) is 9.59 Å². The molecule has 0 unspecified atom stereocenters. The Morgan fingerprint density at radius 1 is 0.727 bits per heavy atom. The van der Waals surface area contributed by atoms with Gasteiger partial charge in [-0.15, -0.1) is 23.2 Å². The minimum absolute atomic E-state index is 0.343. The molecule has 0 atom stereocenters. The van der Waals surface area contributed by atoms with Crippen LogP contribution in [0.3, 0.4) is 0 Å². The Bertz CT molecular complexity index is 417. The summed E-state index contributed by atoms with van der Waals surface area (Å²) in [5, 5.41) is 0. The molecule has 0 spiro atoms. The molecule has 0 saturated heterocycles. The van der Waals surface area contributed by atoms with Crippen LogP contribution in [-0.4, -0.2) is 36.9 Å². The maximum Gasteiger partial charge on any atom is 0.338 e. The van der Waals surface area contributed by atoms with Gasteiger partial charge >= 0.3 is 11.9 Å². The van der Waals surface area contributed by atoms with Crippen LogP contribution in [0.5, 0.6) is 0 Å². The van der Waals surface area contributed by atoms with Crippen LogP contribution in [0.25, 0.3) is 0 Å². The van der Waals surface area contributed by atoms with E-state index in [9.17, 15) is 9.59 Å². The molecule has 0 aromatic heterocycles. The molecule has 0 aliphatic rings. The molecule has 1 aromatic rings. The molecule has 0 aliphatic carbocycles. The van der Waals surface area contributed by atoms with E-state index in [0.717, 1.165) is 25.7 Å². The van der Waals surface area contributed by atoms with Gasteiger partial charge in [-0.2, -0.15) is 0 Å². The van der Waals surface area contributed by atoms with Gasteiger partial charge in [0.25, 0.3) is 0 Å². The molecule has 0 radical (unpaired) electrons. The first-order valence-electron chi connectivity index (χ1n) is 7.25. The summed E-state index contributed by atoms with van der Waals surface area (Å²) < 4.78 is 10.2. The van der Waals surface area contributed by atoms with Gasteiger partial charge in [-0.05, 0) is 49.9 Å². The zero-order valence-electron chi connectivity index (χ0n) is 12.4. The Balaban J connectivity index is 2.41. The number of carbonyl (C=O) groups is 2. The van der Waals surface area contributed by atoms with Crippen molar-refractivity contribution in [2.45, 2.75) is 25.7 Å². The van der Waals surface area contributed by atoms with Gasteiger partial charge in [0.1, 0.15) is 0 Å². The van der Waals surface area contributed by atoms with Crippen LogP contribution in [0.1, 0.15) is 46.4 Å². The Morgan fingerprint density at radius 3 is 1.41 bits per heavy atom. The quantitative estimate of drug-likeness (QED) is 0.364. The number of hydrogen-bond acceptors (Lipinski definition) is 4. The summed E-state index contributed by atoms with van der Waals surface area (Å²) in [6.07, 6.45) is 3.09. The zero-order valence-corrected chi connectivity index (χ0v) is 13.9. The van der Waals surface area contributed by atoms with Gasteiger partial charge in [0.15, 0.2) is 0 Å². The van der Waals surface area contributed by atoms with Crippen molar-refractivity contribution in [3.63, 3.8) is 0 Å². The van der Waals surface area contributed by atoms with Crippen molar-refractivity contribution >= 4 is 35.1 Å². The average molecular weight is 347 g/mol. The lowest BCUT2D eigenvalue weighted by Gasteiger charge is -2.06. The van der Waals surface area contributed by atoms with Gasteiger partial charge in [-0.3, -0.25) is 0 Å².